The molecule has 0 aromatic heterocycles. The molecular formula is C11H21N3O3. The third-order valence-corrected chi connectivity index (χ3v) is 2.44. The van der Waals surface area contributed by atoms with Crippen LogP contribution in [0.15, 0.2) is 0 Å². The van der Waals surface area contributed by atoms with E-state index in [1.807, 2.05) is 27.7 Å². The lowest BCUT2D eigenvalue weighted by Gasteiger charge is -2.17. The summed E-state index contributed by atoms with van der Waals surface area (Å²) in [5.41, 5.74) is 0. The van der Waals surface area contributed by atoms with Gasteiger partial charge in [-0.1, -0.05) is 0 Å². The average molecular weight is 243 g/mol. The van der Waals surface area contributed by atoms with Crippen molar-refractivity contribution < 1.29 is 14.3 Å². The first-order valence-corrected chi connectivity index (χ1v) is 5.91. The Morgan fingerprint density at radius 3 is 2.59 bits per heavy atom. The third kappa shape index (κ3) is 4.13. The summed E-state index contributed by atoms with van der Waals surface area (Å²) >= 11 is 0. The summed E-state index contributed by atoms with van der Waals surface area (Å²) in [4.78, 5) is 24.4. The number of hydrogen-bond donors (Lipinski definition) is 2. The van der Waals surface area contributed by atoms with Gasteiger partial charge in [0.1, 0.15) is 6.10 Å². The first-order chi connectivity index (χ1) is 7.90. The molecule has 3 amide bonds. The zero-order valence-electron chi connectivity index (χ0n) is 10.8. The van der Waals surface area contributed by atoms with Crippen molar-refractivity contribution in [3.8, 4) is 0 Å². The summed E-state index contributed by atoms with van der Waals surface area (Å²) in [6.45, 7) is 8.50. The molecule has 17 heavy (non-hydrogen) atoms. The van der Waals surface area contributed by atoms with Gasteiger partial charge in [0.25, 0.3) is 0 Å². The predicted octanol–water partition coefficient (Wildman–Crippen LogP) is 0.923. The number of hydrogen-bond acceptors (Lipinski definition) is 3. The van der Waals surface area contributed by atoms with E-state index in [1.165, 1.54) is 0 Å². The molecule has 1 heterocycles. The standard InChI is InChI=1S/C11H21N3O3/c1-7(2)13-10(15)12-5-9-6-14(8(3)4)11(16)17-9/h7-9H,5-6H2,1-4H3,(H2,12,13,15). The first kappa shape index (κ1) is 13.6. The molecule has 1 saturated heterocycles. The Balaban J connectivity index is 2.30. The van der Waals surface area contributed by atoms with Crippen LogP contribution in [-0.4, -0.2) is 48.3 Å². The minimum Gasteiger partial charge on any atom is -0.442 e. The molecule has 1 atom stereocenters. The highest BCUT2D eigenvalue weighted by molar-refractivity contribution is 5.74. The molecule has 0 spiro atoms. The lowest BCUT2D eigenvalue weighted by atomic mass is 10.3. The van der Waals surface area contributed by atoms with Crippen LogP contribution in [-0.2, 0) is 4.74 Å². The molecule has 0 radical (unpaired) electrons. The molecule has 6 heteroatoms. The van der Waals surface area contributed by atoms with Crippen molar-refractivity contribution in [3.63, 3.8) is 0 Å². The topological polar surface area (TPSA) is 70.7 Å². The first-order valence-electron chi connectivity index (χ1n) is 5.91. The minimum absolute atomic E-state index is 0.0910. The Bertz CT molecular complexity index is 292. The molecule has 1 rings (SSSR count). The van der Waals surface area contributed by atoms with Crippen LogP contribution >= 0.6 is 0 Å². The van der Waals surface area contributed by atoms with Crippen LogP contribution in [0, 0.1) is 0 Å². The van der Waals surface area contributed by atoms with Gasteiger partial charge in [0.15, 0.2) is 0 Å². The summed E-state index contributed by atoms with van der Waals surface area (Å²) < 4.78 is 5.14. The van der Waals surface area contributed by atoms with Gasteiger partial charge in [-0.3, -0.25) is 0 Å². The second kappa shape index (κ2) is 5.75. The highest BCUT2D eigenvalue weighted by Gasteiger charge is 2.32. The van der Waals surface area contributed by atoms with Crippen LogP contribution in [0.25, 0.3) is 0 Å². The Morgan fingerprint density at radius 1 is 1.47 bits per heavy atom. The number of cyclic esters (lactones) is 1. The molecule has 0 aromatic carbocycles. The summed E-state index contributed by atoms with van der Waals surface area (Å²) in [7, 11) is 0. The van der Waals surface area contributed by atoms with Gasteiger partial charge in [0.05, 0.1) is 13.1 Å². The molecule has 1 fully saturated rings. The normalized spacial score (nSPS) is 19.8. The fourth-order valence-electron chi connectivity index (χ4n) is 1.59. The third-order valence-electron chi connectivity index (χ3n) is 2.44. The van der Waals surface area contributed by atoms with Crippen LogP contribution in [0.1, 0.15) is 27.7 Å². The van der Waals surface area contributed by atoms with Gasteiger partial charge in [-0.2, -0.15) is 0 Å². The van der Waals surface area contributed by atoms with E-state index < -0.39 is 0 Å². The van der Waals surface area contributed by atoms with Crippen LogP contribution in [0.4, 0.5) is 9.59 Å². The molecular weight excluding hydrogens is 222 g/mol. The smallest absolute Gasteiger partial charge is 0.410 e. The van der Waals surface area contributed by atoms with Crippen molar-refractivity contribution in [2.45, 2.75) is 45.9 Å². The molecule has 1 aliphatic heterocycles. The average Bonchev–Trinajstić information content (AvgIpc) is 2.56. The predicted molar refractivity (Wildman–Crippen MR) is 63.8 cm³/mol. The van der Waals surface area contributed by atoms with Crippen LogP contribution in [0.2, 0.25) is 0 Å². The highest BCUT2D eigenvalue weighted by Crippen LogP contribution is 2.13. The van der Waals surface area contributed by atoms with Crippen molar-refractivity contribution in [3.05, 3.63) is 0 Å². The molecule has 6 nitrogen and oxygen atoms in total. The van der Waals surface area contributed by atoms with Gasteiger partial charge in [-0.25, -0.2) is 9.59 Å². The maximum Gasteiger partial charge on any atom is 0.410 e. The minimum atomic E-state index is -0.309. The molecule has 98 valence electrons. The number of ether oxygens (including phenoxy) is 1. The van der Waals surface area contributed by atoms with E-state index in [-0.39, 0.29) is 30.3 Å². The van der Waals surface area contributed by atoms with Crippen molar-refractivity contribution >= 4 is 12.1 Å². The van der Waals surface area contributed by atoms with E-state index in [4.69, 9.17) is 4.74 Å². The highest BCUT2D eigenvalue weighted by atomic mass is 16.6. The summed E-state index contributed by atoms with van der Waals surface area (Å²) in [6, 6.07) is -0.0238. The quantitative estimate of drug-likeness (QED) is 0.771. The van der Waals surface area contributed by atoms with Gasteiger partial charge in [0.2, 0.25) is 0 Å². The van der Waals surface area contributed by atoms with E-state index in [9.17, 15) is 9.59 Å². The van der Waals surface area contributed by atoms with E-state index in [2.05, 4.69) is 10.6 Å². The number of amides is 3. The fourth-order valence-corrected chi connectivity index (χ4v) is 1.59. The molecule has 0 aromatic rings. The van der Waals surface area contributed by atoms with E-state index in [0.717, 1.165) is 0 Å². The second-order valence-electron chi connectivity index (χ2n) is 4.76. The Kier molecular flexibility index (Phi) is 4.60. The molecule has 1 aliphatic rings. The molecule has 0 aliphatic carbocycles. The zero-order chi connectivity index (χ0) is 13.0. The molecule has 2 N–H and O–H groups in total. The molecule has 0 bridgehead atoms. The maximum absolute atomic E-state index is 11.4. The van der Waals surface area contributed by atoms with E-state index in [1.54, 1.807) is 4.90 Å². The van der Waals surface area contributed by atoms with Crippen molar-refractivity contribution in [1.29, 1.82) is 0 Å². The molecule has 0 saturated carbocycles. The monoisotopic (exact) mass is 243 g/mol. The van der Waals surface area contributed by atoms with E-state index in [0.29, 0.717) is 13.1 Å². The summed E-state index contributed by atoms with van der Waals surface area (Å²) in [5.74, 6) is 0. The van der Waals surface area contributed by atoms with Gasteiger partial charge >= 0.3 is 12.1 Å². The van der Waals surface area contributed by atoms with Crippen molar-refractivity contribution in [1.82, 2.24) is 15.5 Å². The zero-order valence-corrected chi connectivity index (χ0v) is 10.8. The number of nitrogens with zero attached hydrogens (tertiary/aromatic N) is 1. The Morgan fingerprint density at radius 2 is 2.12 bits per heavy atom. The number of nitrogens with one attached hydrogen (secondary N) is 2. The van der Waals surface area contributed by atoms with Crippen LogP contribution < -0.4 is 10.6 Å². The number of carbonyl (C=O) groups excluding carboxylic acids is 2. The van der Waals surface area contributed by atoms with Gasteiger partial charge in [-0.05, 0) is 27.7 Å². The summed E-state index contributed by atoms with van der Waals surface area (Å²) in [5, 5.41) is 5.39. The number of urea groups is 1. The number of carbonyl (C=O) groups is 2. The second-order valence-corrected chi connectivity index (χ2v) is 4.76. The fraction of sp³-hybridized carbons (Fsp3) is 0.818. The van der Waals surface area contributed by atoms with Gasteiger partial charge < -0.3 is 20.3 Å². The summed E-state index contributed by atoms with van der Waals surface area (Å²) in [6.07, 6.45) is -0.570. The lowest BCUT2D eigenvalue weighted by molar-refractivity contribution is 0.129. The van der Waals surface area contributed by atoms with E-state index >= 15 is 0 Å². The van der Waals surface area contributed by atoms with Crippen molar-refractivity contribution in [2.24, 2.45) is 0 Å². The van der Waals surface area contributed by atoms with Crippen LogP contribution in [0.5, 0.6) is 0 Å². The molecule has 1 unspecified atom stereocenters. The van der Waals surface area contributed by atoms with Gasteiger partial charge in [0, 0.05) is 12.1 Å². The number of rotatable bonds is 4. The Hall–Kier alpha value is -1.46. The SMILES string of the molecule is CC(C)NC(=O)NCC1CN(C(C)C)C(=O)O1. The Labute approximate surface area is 102 Å². The maximum atomic E-state index is 11.4. The van der Waals surface area contributed by atoms with Crippen molar-refractivity contribution in [2.75, 3.05) is 13.1 Å². The lowest BCUT2D eigenvalue weighted by Crippen LogP contribution is -2.43. The van der Waals surface area contributed by atoms with Gasteiger partial charge in [-0.15, -0.1) is 0 Å². The largest absolute Gasteiger partial charge is 0.442 e. The van der Waals surface area contributed by atoms with Crippen LogP contribution in [0.3, 0.4) is 0 Å².